The minimum absolute atomic E-state index is 0.408. The Labute approximate surface area is 75.9 Å². The zero-order valence-electron chi connectivity index (χ0n) is 6.40. The van der Waals surface area contributed by atoms with Gasteiger partial charge in [-0.05, 0) is 6.07 Å². The molecule has 0 unspecified atom stereocenters. The summed E-state index contributed by atoms with van der Waals surface area (Å²) in [7, 11) is 0. The maximum atomic E-state index is 9.98. The molecule has 0 fully saturated rings. The number of carbonyl (C=O) groups is 1. The van der Waals surface area contributed by atoms with Crippen LogP contribution in [0.3, 0.4) is 0 Å². The van der Waals surface area contributed by atoms with Crippen molar-refractivity contribution < 1.29 is 4.79 Å². The minimum atomic E-state index is 0.408. The van der Waals surface area contributed by atoms with E-state index in [2.05, 4.69) is 4.98 Å². The Morgan fingerprint density at radius 1 is 1.58 bits per heavy atom. The molecule has 62 valence electrons. The fourth-order valence-corrected chi connectivity index (χ4v) is 0.931. The van der Waals surface area contributed by atoms with Crippen molar-refractivity contribution in [2.24, 2.45) is 0 Å². The zero-order valence-corrected chi connectivity index (χ0v) is 7.16. The lowest BCUT2D eigenvalue weighted by molar-refractivity contribution is -0.107. The van der Waals surface area contributed by atoms with Crippen LogP contribution in [0.25, 0.3) is 6.08 Å². The van der Waals surface area contributed by atoms with Gasteiger partial charge in [-0.2, -0.15) is 0 Å². The molecule has 0 spiro atoms. The second-order valence-corrected chi connectivity index (χ2v) is 2.61. The predicted molar refractivity (Wildman–Crippen MR) is 49.0 cm³/mol. The van der Waals surface area contributed by atoms with Crippen molar-refractivity contribution in [2.45, 2.75) is 6.42 Å². The van der Waals surface area contributed by atoms with Crippen LogP contribution in [0.1, 0.15) is 12.0 Å². The summed E-state index contributed by atoms with van der Waals surface area (Å²) in [5.74, 6) is 0. The molecule has 1 aromatic rings. The van der Waals surface area contributed by atoms with Gasteiger partial charge < -0.3 is 4.79 Å². The van der Waals surface area contributed by atoms with E-state index in [-0.39, 0.29) is 0 Å². The molecule has 3 heteroatoms. The number of hydrogen-bond donors (Lipinski definition) is 0. The molecule has 0 saturated heterocycles. The van der Waals surface area contributed by atoms with Crippen LogP contribution in [0.2, 0.25) is 5.02 Å². The fraction of sp³-hybridized carbons (Fsp3) is 0.111. The molecule has 0 bridgehead atoms. The van der Waals surface area contributed by atoms with Crippen LogP contribution in [0.4, 0.5) is 0 Å². The number of rotatable bonds is 3. The lowest BCUT2D eigenvalue weighted by Crippen LogP contribution is -1.77. The molecule has 1 heterocycles. The smallest absolute Gasteiger partial charge is 0.123 e. The predicted octanol–water partition coefficient (Wildman–Crippen LogP) is 2.34. The topological polar surface area (TPSA) is 30.0 Å². The summed E-state index contributed by atoms with van der Waals surface area (Å²) in [6.07, 6.45) is 8.05. The Balaban J connectivity index is 2.74. The molecular formula is C9H8ClNO. The average molecular weight is 182 g/mol. The fourth-order valence-electron chi connectivity index (χ4n) is 0.763. The van der Waals surface area contributed by atoms with Gasteiger partial charge in [0.25, 0.3) is 0 Å². The van der Waals surface area contributed by atoms with Crippen LogP contribution in [-0.4, -0.2) is 11.3 Å². The Hall–Kier alpha value is -1.15. The first-order chi connectivity index (χ1) is 5.84. The molecule has 0 aliphatic carbocycles. The molecule has 0 N–H and O–H groups in total. The van der Waals surface area contributed by atoms with E-state index in [4.69, 9.17) is 11.6 Å². The van der Waals surface area contributed by atoms with E-state index < -0.39 is 0 Å². The van der Waals surface area contributed by atoms with Gasteiger partial charge in [0.05, 0.1) is 5.02 Å². The maximum Gasteiger partial charge on any atom is 0.123 e. The first-order valence-electron chi connectivity index (χ1n) is 3.54. The lowest BCUT2D eigenvalue weighted by Gasteiger charge is -1.93. The number of carbonyl (C=O) groups excluding carboxylic acids is 1. The van der Waals surface area contributed by atoms with Gasteiger partial charge in [-0.1, -0.05) is 23.8 Å². The lowest BCUT2D eigenvalue weighted by atomic mass is 10.2. The first kappa shape index (κ1) is 8.94. The van der Waals surface area contributed by atoms with Crippen molar-refractivity contribution in [3.63, 3.8) is 0 Å². The van der Waals surface area contributed by atoms with Crippen molar-refractivity contribution in [2.75, 3.05) is 0 Å². The van der Waals surface area contributed by atoms with Gasteiger partial charge in [0, 0.05) is 24.4 Å². The highest BCUT2D eigenvalue weighted by Crippen LogP contribution is 2.14. The van der Waals surface area contributed by atoms with Gasteiger partial charge in [-0.15, -0.1) is 0 Å². The summed E-state index contributed by atoms with van der Waals surface area (Å²) >= 11 is 5.82. The number of halogens is 1. The minimum Gasteiger partial charge on any atom is -0.303 e. The van der Waals surface area contributed by atoms with Gasteiger partial charge in [-0.3, -0.25) is 4.98 Å². The third kappa shape index (κ3) is 2.47. The van der Waals surface area contributed by atoms with E-state index in [0.717, 1.165) is 11.8 Å². The molecule has 0 atom stereocenters. The Morgan fingerprint density at radius 2 is 2.42 bits per heavy atom. The molecule has 0 aromatic carbocycles. The number of aromatic nitrogens is 1. The maximum absolute atomic E-state index is 9.98. The molecule has 0 aliphatic heterocycles. The SMILES string of the molecule is O=CCC=Cc1cnccc1Cl. The van der Waals surface area contributed by atoms with Crippen molar-refractivity contribution in [1.29, 1.82) is 0 Å². The average Bonchev–Trinajstić information content (AvgIpc) is 2.09. The van der Waals surface area contributed by atoms with Crippen LogP contribution in [0, 0.1) is 0 Å². The molecule has 2 nitrogen and oxygen atoms in total. The molecule has 0 amide bonds. The summed E-state index contributed by atoms with van der Waals surface area (Å²) in [5, 5.41) is 0.646. The number of pyridine rings is 1. The van der Waals surface area contributed by atoms with Crippen molar-refractivity contribution in [1.82, 2.24) is 4.98 Å². The number of nitrogens with zero attached hydrogens (tertiary/aromatic N) is 1. The summed E-state index contributed by atoms with van der Waals surface area (Å²) in [6.45, 7) is 0. The third-order valence-electron chi connectivity index (χ3n) is 1.33. The summed E-state index contributed by atoms with van der Waals surface area (Å²) in [5.41, 5.74) is 0.834. The number of hydrogen-bond acceptors (Lipinski definition) is 2. The highest BCUT2D eigenvalue weighted by atomic mass is 35.5. The molecule has 0 saturated carbocycles. The molecular weight excluding hydrogens is 174 g/mol. The van der Waals surface area contributed by atoms with Crippen molar-refractivity contribution in [3.8, 4) is 0 Å². The van der Waals surface area contributed by atoms with E-state index in [1.807, 2.05) is 0 Å². The third-order valence-corrected chi connectivity index (χ3v) is 1.67. The van der Waals surface area contributed by atoms with Crippen LogP contribution >= 0.6 is 11.6 Å². The largest absolute Gasteiger partial charge is 0.303 e. The standard InChI is InChI=1S/C9H8ClNO/c10-9-4-5-11-7-8(9)3-1-2-6-12/h1,3-7H,2H2. The van der Waals surface area contributed by atoms with E-state index in [1.165, 1.54) is 0 Å². The normalized spacial score (nSPS) is 10.4. The van der Waals surface area contributed by atoms with Gasteiger partial charge in [0.15, 0.2) is 0 Å². The van der Waals surface area contributed by atoms with E-state index in [0.29, 0.717) is 11.4 Å². The van der Waals surface area contributed by atoms with E-state index in [9.17, 15) is 4.79 Å². The highest BCUT2D eigenvalue weighted by molar-refractivity contribution is 6.32. The first-order valence-corrected chi connectivity index (χ1v) is 3.92. The summed E-state index contributed by atoms with van der Waals surface area (Å²) in [6, 6.07) is 1.71. The molecule has 1 rings (SSSR count). The quantitative estimate of drug-likeness (QED) is 0.670. The Kier molecular flexibility index (Phi) is 3.48. The monoisotopic (exact) mass is 181 g/mol. The van der Waals surface area contributed by atoms with Crippen LogP contribution in [0.5, 0.6) is 0 Å². The van der Waals surface area contributed by atoms with Gasteiger partial charge in [0.2, 0.25) is 0 Å². The van der Waals surface area contributed by atoms with Gasteiger partial charge in [0.1, 0.15) is 6.29 Å². The van der Waals surface area contributed by atoms with E-state index >= 15 is 0 Å². The van der Waals surface area contributed by atoms with Gasteiger partial charge >= 0.3 is 0 Å². The molecule has 12 heavy (non-hydrogen) atoms. The summed E-state index contributed by atoms with van der Waals surface area (Å²) in [4.78, 5) is 13.9. The van der Waals surface area contributed by atoms with Crippen LogP contribution in [-0.2, 0) is 4.79 Å². The number of aldehydes is 1. The van der Waals surface area contributed by atoms with Gasteiger partial charge in [-0.25, -0.2) is 0 Å². The molecule has 1 aromatic heterocycles. The number of allylic oxidation sites excluding steroid dienone is 1. The van der Waals surface area contributed by atoms with Crippen LogP contribution in [0.15, 0.2) is 24.5 Å². The second kappa shape index (κ2) is 4.67. The van der Waals surface area contributed by atoms with Crippen molar-refractivity contribution >= 4 is 24.0 Å². The highest BCUT2D eigenvalue weighted by Gasteiger charge is 1.92. The van der Waals surface area contributed by atoms with Crippen molar-refractivity contribution in [3.05, 3.63) is 35.1 Å². The zero-order chi connectivity index (χ0) is 8.81. The molecule has 0 radical (unpaired) electrons. The van der Waals surface area contributed by atoms with E-state index in [1.54, 1.807) is 30.6 Å². The molecule has 0 aliphatic rings. The van der Waals surface area contributed by atoms with Crippen LogP contribution < -0.4 is 0 Å². The summed E-state index contributed by atoms with van der Waals surface area (Å²) < 4.78 is 0. The Morgan fingerprint density at radius 3 is 3.08 bits per heavy atom. The second-order valence-electron chi connectivity index (χ2n) is 2.20. The Bertz CT molecular complexity index is 296.